The first-order valence-corrected chi connectivity index (χ1v) is 11.6. The van der Waals surface area contributed by atoms with Crippen molar-refractivity contribution in [3.63, 3.8) is 0 Å². The molecule has 170 valence electrons. The highest BCUT2D eigenvalue weighted by Gasteiger charge is 2.27. The molecule has 1 fully saturated rings. The fraction of sp³-hybridized carbons (Fsp3) is 0.538. The third kappa shape index (κ3) is 6.03. The number of hydrogen-bond donors (Lipinski definition) is 0. The van der Waals surface area contributed by atoms with E-state index in [2.05, 4.69) is 6.92 Å². The van der Waals surface area contributed by atoms with E-state index in [0.717, 1.165) is 25.7 Å². The average Bonchev–Trinajstić information content (AvgIpc) is 2.77. The maximum Gasteiger partial charge on any atom is 0.167 e. The Morgan fingerprint density at radius 2 is 1.68 bits per heavy atom. The zero-order chi connectivity index (χ0) is 22.2. The van der Waals surface area contributed by atoms with Crippen LogP contribution in [0.1, 0.15) is 76.9 Å². The molecule has 0 N–H and O–H groups in total. The van der Waals surface area contributed by atoms with Crippen molar-refractivity contribution in [1.29, 1.82) is 0 Å². The van der Waals surface area contributed by atoms with Crippen LogP contribution in [0.2, 0.25) is 0 Å². The quantitative estimate of drug-likeness (QED) is 0.353. The van der Waals surface area contributed by atoms with Gasteiger partial charge in [-0.15, -0.1) is 0 Å². The summed E-state index contributed by atoms with van der Waals surface area (Å²) in [6, 6.07) is 7.22. The molecule has 1 heterocycles. The number of ether oxygens (including phenoxy) is 2. The summed E-state index contributed by atoms with van der Waals surface area (Å²) in [5.41, 5.74) is 0.145. The number of rotatable bonds is 10. The van der Waals surface area contributed by atoms with Gasteiger partial charge in [-0.25, -0.2) is 13.2 Å². The molecule has 0 bridgehead atoms. The van der Waals surface area contributed by atoms with E-state index < -0.39 is 23.6 Å². The summed E-state index contributed by atoms with van der Waals surface area (Å²) in [7, 11) is 0. The number of hydrogen-bond acceptors (Lipinski definition) is 2. The largest absolute Gasteiger partial charge is 0.493 e. The van der Waals surface area contributed by atoms with Crippen LogP contribution >= 0.6 is 0 Å². The second-order valence-electron chi connectivity index (χ2n) is 8.44. The van der Waals surface area contributed by atoms with Gasteiger partial charge >= 0.3 is 0 Å². The monoisotopic (exact) mass is 434 g/mol. The van der Waals surface area contributed by atoms with Gasteiger partial charge in [0, 0.05) is 22.8 Å². The minimum atomic E-state index is -1.04. The third-order valence-electron chi connectivity index (χ3n) is 6.04. The molecular formula is C26H33F3O2. The van der Waals surface area contributed by atoms with Crippen molar-refractivity contribution in [2.24, 2.45) is 5.92 Å². The van der Waals surface area contributed by atoms with Crippen LogP contribution in [0.15, 0.2) is 30.3 Å². The molecule has 2 aromatic rings. The normalized spacial score (nSPS) is 18.9. The molecule has 1 saturated heterocycles. The van der Waals surface area contributed by atoms with E-state index in [9.17, 15) is 13.2 Å². The van der Waals surface area contributed by atoms with Crippen molar-refractivity contribution < 1.29 is 22.6 Å². The van der Waals surface area contributed by atoms with Crippen molar-refractivity contribution in [3.05, 3.63) is 53.3 Å². The third-order valence-corrected chi connectivity index (χ3v) is 6.04. The van der Waals surface area contributed by atoms with E-state index in [0.29, 0.717) is 31.3 Å². The van der Waals surface area contributed by atoms with Gasteiger partial charge in [0.05, 0.1) is 19.3 Å². The number of unbranched alkanes of at least 4 members (excludes halogenated alkanes) is 3. The summed E-state index contributed by atoms with van der Waals surface area (Å²) in [6.45, 7) is 5.29. The fourth-order valence-corrected chi connectivity index (χ4v) is 4.12. The highest BCUT2D eigenvalue weighted by molar-refractivity contribution is 5.66. The predicted molar refractivity (Wildman–Crippen MR) is 118 cm³/mol. The van der Waals surface area contributed by atoms with Crippen molar-refractivity contribution in [1.82, 2.24) is 0 Å². The average molecular weight is 435 g/mol. The summed E-state index contributed by atoms with van der Waals surface area (Å²) >= 11 is 0. The molecule has 1 aliphatic rings. The minimum Gasteiger partial charge on any atom is -0.493 e. The summed E-state index contributed by atoms with van der Waals surface area (Å²) in [4.78, 5) is 0. The van der Waals surface area contributed by atoms with Crippen LogP contribution in [-0.2, 0) is 4.74 Å². The van der Waals surface area contributed by atoms with Crippen LogP contribution in [0.3, 0.4) is 0 Å². The lowest BCUT2D eigenvalue weighted by atomic mass is 9.90. The number of benzene rings is 2. The summed E-state index contributed by atoms with van der Waals surface area (Å²) in [6.07, 6.45) is 7.70. The Morgan fingerprint density at radius 1 is 0.903 bits per heavy atom. The van der Waals surface area contributed by atoms with Crippen molar-refractivity contribution in [2.75, 3.05) is 13.2 Å². The molecule has 3 rings (SSSR count). The highest BCUT2D eigenvalue weighted by atomic mass is 19.2. The Labute approximate surface area is 183 Å². The zero-order valence-corrected chi connectivity index (χ0v) is 18.6. The summed E-state index contributed by atoms with van der Waals surface area (Å²) in [5, 5.41) is 0. The van der Waals surface area contributed by atoms with Crippen LogP contribution in [-0.4, -0.2) is 13.2 Å². The Morgan fingerprint density at radius 3 is 2.35 bits per heavy atom. The van der Waals surface area contributed by atoms with Crippen molar-refractivity contribution in [2.45, 2.75) is 71.3 Å². The van der Waals surface area contributed by atoms with Gasteiger partial charge in [0.2, 0.25) is 0 Å². The van der Waals surface area contributed by atoms with Crippen LogP contribution < -0.4 is 4.74 Å². The first-order valence-electron chi connectivity index (χ1n) is 11.6. The zero-order valence-electron chi connectivity index (χ0n) is 18.6. The van der Waals surface area contributed by atoms with E-state index in [-0.39, 0.29) is 16.7 Å². The van der Waals surface area contributed by atoms with Gasteiger partial charge < -0.3 is 9.47 Å². The predicted octanol–water partition coefficient (Wildman–Crippen LogP) is 8.00. The van der Waals surface area contributed by atoms with Crippen molar-refractivity contribution >= 4 is 0 Å². The van der Waals surface area contributed by atoms with Gasteiger partial charge in [-0.3, -0.25) is 0 Å². The van der Waals surface area contributed by atoms with E-state index in [1.54, 1.807) is 6.07 Å². The van der Waals surface area contributed by atoms with Crippen LogP contribution in [0.4, 0.5) is 13.2 Å². The fourth-order valence-electron chi connectivity index (χ4n) is 4.12. The molecule has 0 radical (unpaired) electrons. The van der Waals surface area contributed by atoms with Gasteiger partial charge in [0.1, 0.15) is 11.6 Å². The maximum atomic E-state index is 14.9. The maximum absolute atomic E-state index is 14.9. The molecule has 2 unspecified atom stereocenters. The van der Waals surface area contributed by atoms with E-state index >= 15 is 0 Å². The molecule has 0 spiro atoms. The van der Waals surface area contributed by atoms with Gasteiger partial charge in [0.15, 0.2) is 11.6 Å². The number of halogens is 3. The molecule has 5 heteroatoms. The Bertz CT molecular complexity index is 845. The van der Waals surface area contributed by atoms with Crippen LogP contribution in [0.25, 0.3) is 11.1 Å². The summed E-state index contributed by atoms with van der Waals surface area (Å²) in [5.74, 6) is -1.75. The van der Waals surface area contributed by atoms with Gasteiger partial charge in [-0.05, 0) is 43.7 Å². The second-order valence-corrected chi connectivity index (χ2v) is 8.44. The van der Waals surface area contributed by atoms with E-state index in [1.165, 1.54) is 43.5 Å². The smallest absolute Gasteiger partial charge is 0.167 e. The van der Waals surface area contributed by atoms with Gasteiger partial charge in [-0.1, -0.05) is 51.7 Å². The van der Waals surface area contributed by atoms with Gasteiger partial charge in [-0.2, -0.15) is 0 Å². The molecule has 0 aromatic heterocycles. The van der Waals surface area contributed by atoms with E-state index in [4.69, 9.17) is 9.47 Å². The molecule has 2 aromatic carbocycles. The molecule has 31 heavy (non-hydrogen) atoms. The lowest BCUT2D eigenvalue weighted by molar-refractivity contribution is -0.0218. The highest BCUT2D eigenvalue weighted by Crippen LogP contribution is 2.37. The minimum absolute atomic E-state index is 0.0198. The molecule has 0 aliphatic carbocycles. The van der Waals surface area contributed by atoms with Crippen molar-refractivity contribution in [3.8, 4) is 16.9 Å². The molecule has 0 saturated carbocycles. The van der Waals surface area contributed by atoms with Crippen LogP contribution in [0, 0.1) is 23.4 Å². The Kier molecular flexibility index (Phi) is 8.82. The topological polar surface area (TPSA) is 18.5 Å². The lowest BCUT2D eigenvalue weighted by Crippen LogP contribution is -2.21. The Hall–Kier alpha value is -2.01. The molecule has 1 aliphatic heterocycles. The molecular weight excluding hydrogens is 401 g/mol. The second kappa shape index (κ2) is 11.6. The van der Waals surface area contributed by atoms with E-state index in [1.807, 2.05) is 6.92 Å². The molecule has 0 amide bonds. The Balaban J connectivity index is 1.70. The molecule has 2 nitrogen and oxygen atoms in total. The summed E-state index contributed by atoms with van der Waals surface area (Å²) < 4.78 is 55.7. The standard InChI is InChI=1S/C26H33F3O2/c1-3-5-7-8-18-9-14-24(31-17-18)22-13-12-21(25(28)26(22)29)20-11-10-19(16-23(20)27)30-15-6-4-2/h10-13,16,18,24H,3-9,14-15,17H2,1-2H3. The first-order chi connectivity index (χ1) is 15.0. The molecule has 2 atom stereocenters. The lowest BCUT2D eigenvalue weighted by Gasteiger charge is -2.29. The van der Waals surface area contributed by atoms with Crippen LogP contribution in [0.5, 0.6) is 5.75 Å². The van der Waals surface area contributed by atoms with Gasteiger partial charge in [0.25, 0.3) is 0 Å². The first kappa shape index (κ1) is 23.6. The SMILES string of the molecule is CCCCCC1CCC(c2ccc(-c3ccc(OCCCC)cc3F)c(F)c2F)OC1.